The van der Waals surface area contributed by atoms with Crippen LogP contribution in [0, 0.1) is 0 Å². The SMILES string of the molecule is CCn1c2ccccc2c2cc([P@@](=Nc3cccc(C(F)(F)F)c3)(Oc3ccccc3)C(C)(C)C)ccc21. The first kappa shape index (κ1) is 26.1. The third kappa shape index (κ3) is 4.63. The predicted molar refractivity (Wildman–Crippen MR) is 152 cm³/mol. The van der Waals surface area contributed by atoms with Crippen LogP contribution in [0.3, 0.4) is 0 Å². The first-order valence-corrected chi connectivity index (χ1v) is 14.3. The molecule has 1 aromatic heterocycles. The van der Waals surface area contributed by atoms with E-state index in [1.807, 2.05) is 69.3 Å². The fourth-order valence-corrected chi connectivity index (χ4v) is 7.98. The smallest absolute Gasteiger partial charge is 0.416 e. The van der Waals surface area contributed by atoms with Crippen molar-refractivity contribution >= 4 is 40.1 Å². The summed E-state index contributed by atoms with van der Waals surface area (Å²) in [6, 6.07) is 29.1. The minimum atomic E-state index is -4.46. The summed E-state index contributed by atoms with van der Waals surface area (Å²) < 4.78 is 55.0. The molecule has 0 N–H and O–H groups in total. The molecular formula is C31H30F3N2OP. The normalized spacial score (nSPS) is 14.0. The average Bonchev–Trinajstić information content (AvgIpc) is 3.21. The lowest BCUT2D eigenvalue weighted by Crippen LogP contribution is -2.27. The first-order chi connectivity index (χ1) is 18.0. The van der Waals surface area contributed by atoms with Gasteiger partial charge in [0.25, 0.3) is 0 Å². The van der Waals surface area contributed by atoms with E-state index in [1.165, 1.54) is 6.07 Å². The van der Waals surface area contributed by atoms with Crippen LogP contribution in [-0.2, 0) is 12.7 Å². The van der Waals surface area contributed by atoms with Crippen molar-refractivity contribution in [2.45, 2.75) is 45.6 Å². The van der Waals surface area contributed by atoms with E-state index in [1.54, 1.807) is 6.07 Å². The largest absolute Gasteiger partial charge is 0.455 e. The van der Waals surface area contributed by atoms with Crippen LogP contribution in [0.15, 0.2) is 102 Å². The van der Waals surface area contributed by atoms with Crippen LogP contribution in [0.5, 0.6) is 5.75 Å². The summed E-state index contributed by atoms with van der Waals surface area (Å²) in [4.78, 5) is 0. The van der Waals surface area contributed by atoms with Crippen molar-refractivity contribution in [3.8, 4) is 5.75 Å². The Morgan fingerprint density at radius 3 is 2.13 bits per heavy atom. The molecule has 0 saturated carbocycles. The van der Waals surface area contributed by atoms with Crippen LogP contribution in [0.2, 0.25) is 0 Å². The van der Waals surface area contributed by atoms with Gasteiger partial charge in [-0.3, -0.25) is 0 Å². The summed E-state index contributed by atoms with van der Waals surface area (Å²) in [6.45, 7) is 9.06. The van der Waals surface area contributed by atoms with E-state index in [4.69, 9.17) is 9.27 Å². The minimum Gasteiger partial charge on any atom is -0.455 e. The van der Waals surface area contributed by atoms with Crippen molar-refractivity contribution in [2.75, 3.05) is 0 Å². The molecule has 0 saturated heterocycles. The second-order valence-corrected chi connectivity index (χ2v) is 13.7. The van der Waals surface area contributed by atoms with Gasteiger partial charge in [-0.2, -0.15) is 13.2 Å². The number of aromatic nitrogens is 1. The monoisotopic (exact) mass is 534 g/mol. The zero-order valence-electron chi connectivity index (χ0n) is 21.8. The van der Waals surface area contributed by atoms with Gasteiger partial charge in [-0.1, -0.05) is 63.2 Å². The van der Waals surface area contributed by atoms with Crippen molar-refractivity contribution in [3.63, 3.8) is 0 Å². The van der Waals surface area contributed by atoms with E-state index >= 15 is 0 Å². The lowest BCUT2D eigenvalue weighted by molar-refractivity contribution is -0.137. The van der Waals surface area contributed by atoms with Crippen LogP contribution in [-0.4, -0.2) is 9.72 Å². The van der Waals surface area contributed by atoms with Crippen molar-refractivity contribution in [3.05, 3.63) is 103 Å². The highest BCUT2D eigenvalue weighted by Crippen LogP contribution is 2.62. The van der Waals surface area contributed by atoms with Gasteiger partial charge in [-0.05, 0) is 61.5 Å². The van der Waals surface area contributed by atoms with E-state index in [-0.39, 0.29) is 5.69 Å². The van der Waals surface area contributed by atoms with Gasteiger partial charge in [0.05, 0.1) is 11.3 Å². The van der Waals surface area contributed by atoms with Gasteiger partial charge in [-0.15, -0.1) is 0 Å². The summed E-state index contributed by atoms with van der Waals surface area (Å²) in [7, 11) is -2.98. The Balaban J connectivity index is 1.84. The predicted octanol–water partition coefficient (Wildman–Crippen LogP) is 9.78. The van der Waals surface area contributed by atoms with Crippen molar-refractivity contribution in [1.29, 1.82) is 0 Å². The Morgan fingerprint density at radius 2 is 1.45 bits per heavy atom. The molecule has 1 heterocycles. The Hall–Kier alpha value is -3.50. The van der Waals surface area contributed by atoms with Gasteiger partial charge in [0.1, 0.15) is 5.75 Å². The van der Waals surface area contributed by atoms with Gasteiger partial charge in [0, 0.05) is 38.8 Å². The Bertz CT molecular complexity index is 1660. The molecular weight excluding hydrogens is 504 g/mol. The molecule has 0 fully saturated rings. The quantitative estimate of drug-likeness (QED) is 0.206. The molecule has 0 bridgehead atoms. The number of hydrogen-bond donors (Lipinski definition) is 0. The van der Waals surface area contributed by atoms with Crippen molar-refractivity contribution in [1.82, 2.24) is 4.57 Å². The molecule has 3 nitrogen and oxygen atoms in total. The molecule has 5 rings (SSSR count). The average molecular weight is 535 g/mol. The molecule has 4 aromatic carbocycles. The lowest BCUT2D eigenvalue weighted by atomic mass is 10.1. The zero-order valence-corrected chi connectivity index (χ0v) is 22.7. The minimum absolute atomic E-state index is 0.245. The molecule has 7 heteroatoms. The Kier molecular flexibility index (Phi) is 6.65. The highest BCUT2D eigenvalue weighted by Gasteiger charge is 2.40. The summed E-state index contributed by atoms with van der Waals surface area (Å²) in [5, 5.41) is 2.53. The summed E-state index contributed by atoms with van der Waals surface area (Å²) in [6.07, 6.45) is -4.46. The molecule has 0 spiro atoms. The number of aryl methyl sites for hydroxylation is 1. The van der Waals surface area contributed by atoms with Gasteiger partial charge in [0.2, 0.25) is 0 Å². The number of para-hydroxylation sites is 2. The Morgan fingerprint density at radius 1 is 0.763 bits per heavy atom. The molecule has 0 unspecified atom stereocenters. The number of alkyl halides is 3. The van der Waals surface area contributed by atoms with Crippen molar-refractivity contribution < 1.29 is 17.7 Å². The third-order valence-corrected chi connectivity index (χ3v) is 10.5. The number of halogens is 3. The zero-order chi connectivity index (χ0) is 27.1. The molecule has 0 amide bonds. The maximum Gasteiger partial charge on any atom is 0.416 e. The van der Waals surface area contributed by atoms with Gasteiger partial charge >= 0.3 is 6.18 Å². The first-order valence-electron chi connectivity index (χ1n) is 12.6. The van der Waals surface area contributed by atoms with E-state index in [0.29, 0.717) is 5.75 Å². The van der Waals surface area contributed by atoms with Gasteiger partial charge < -0.3 is 9.09 Å². The summed E-state index contributed by atoms with van der Waals surface area (Å²) in [5.41, 5.74) is 1.76. The standard InChI is InChI=1S/C31H30F3N2OP/c1-5-36-28-17-10-9-16-26(28)27-21-25(18-19-29(27)36)38(30(2,3)4,37-24-14-7-6-8-15-24)35-23-13-11-12-22(20-23)31(32,33)34/h6-21H,5H2,1-4H3/t38-/m1/s1. The van der Waals surface area contributed by atoms with Crippen LogP contribution in [0.1, 0.15) is 33.3 Å². The van der Waals surface area contributed by atoms with Crippen LogP contribution < -0.4 is 9.83 Å². The van der Waals surface area contributed by atoms with Crippen LogP contribution in [0.4, 0.5) is 18.9 Å². The van der Waals surface area contributed by atoms with Crippen molar-refractivity contribution in [2.24, 2.45) is 4.74 Å². The number of hydrogen-bond acceptors (Lipinski definition) is 2. The summed E-state index contributed by atoms with van der Waals surface area (Å²) in [5.74, 6) is 0.627. The number of benzene rings is 4. The Labute approximate surface area is 221 Å². The number of nitrogens with zero attached hydrogens (tertiary/aromatic N) is 2. The second-order valence-electron chi connectivity index (χ2n) is 10.3. The van der Waals surface area contributed by atoms with E-state index in [9.17, 15) is 13.2 Å². The molecule has 5 aromatic rings. The third-order valence-electron chi connectivity index (χ3n) is 6.74. The summed E-state index contributed by atoms with van der Waals surface area (Å²) >= 11 is 0. The topological polar surface area (TPSA) is 26.5 Å². The highest BCUT2D eigenvalue weighted by atomic mass is 31.2. The van der Waals surface area contributed by atoms with E-state index < -0.39 is 24.2 Å². The lowest BCUT2D eigenvalue weighted by Gasteiger charge is -2.37. The van der Waals surface area contributed by atoms with Gasteiger partial charge in [0.15, 0.2) is 7.28 Å². The maximum absolute atomic E-state index is 13.6. The molecule has 1 atom stereocenters. The van der Waals surface area contributed by atoms with E-state index in [0.717, 1.165) is 45.8 Å². The molecule has 0 aliphatic heterocycles. The van der Waals surface area contributed by atoms with Crippen LogP contribution in [0.25, 0.3) is 21.8 Å². The van der Waals surface area contributed by atoms with Crippen LogP contribution >= 0.6 is 7.28 Å². The molecule has 0 aliphatic carbocycles. The fourth-order valence-electron chi connectivity index (χ4n) is 4.92. The molecule has 0 radical (unpaired) electrons. The van der Waals surface area contributed by atoms with Gasteiger partial charge in [-0.25, -0.2) is 4.74 Å². The molecule has 196 valence electrons. The number of fused-ring (bicyclic) bond motifs is 3. The maximum atomic E-state index is 13.6. The van der Waals surface area contributed by atoms with E-state index in [2.05, 4.69) is 35.8 Å². The second kappa shape index (κ2) is 9.67. The highest BCUT2D eigenvalue weighted by molar-refractivity contribution is 7.71. The fraction of sp³-hybridized carbons (Fsp3) is 0.226. The molecule has 38 heavy (non-hydrogen) atoms. The molecule has 0 aliphatic rings. The number of rotatable bonds is 5.